The van der Waals surface area contributed by atoms with E-state index in [0.29, 0.717) is 11.8 Å². The van der Waals surface area contributed by atoms with Crippen molar-refractivity contribution in [3.05, 3.63) is 29.8 Å². The molecule has 0 aliphatic rings. The van der Waals surface area contributed by atoms with Crippen LogP contribution in [0.25, 0.3) is 0 Å². The van der Waals surface area contributed by atoms with Gasteiger partial charge in [0.2, 0.25) is 0 Å². The van der Waals surface area contributed by atoms with E-state index in [0.717, 1.165) is 0 Å². The van der Waals surface area contributed by atoms with Gasteiger partial charge in [0.25, 0.3) is 11.7 Å². The van der Waals surface area contributed by atoms with Crippen LogP contribution in [0, 0.1) is 0 Å². The highest BCUT2D eigenvalue weighted by molar-refractivity contribution is 7.99. The molecule has 0 saturated carbocycles. The maximum atomic E-state index is 12.4. The molecular formula is C12H15F2NO2S. The van der Waals surface area contributed by atoms with Crippen molar-refractivity contribution in [2.45, 2.75) is 30.0 Å². The number of aliphatic hydroxyl groups is 1. The van der Waals surface area contributed by atoms with Gasteiger partial charge in [0.05, 0.1) is 17.7 Å². The maximum absolute atomic E-state index is 12.4. The van der Waals surface area contributed by atoms with E-state index in [1.807, 2.05) is 0 Å². The summed E-state index contributed by atoms with van der Waals surface area (Å²) in [5.41, 5.74) is -0.607. The average Bonchev–Trinajstić information content (AvgIpc) is 2.28. The summed E-state index contributed by atoms with van der Waals surface area (Å²) >= 11 is 0.330. The maximum Gasteiger partial charge on any atom is 0.288 e. The summed E-state index contributed by atoms with van der Waals surface area (Å²) in [6.07, 6.45) is 0. The number of hydrogen-bond acceptors (Lipinski definition) is 3. The average molecular weight is 275 g/mol. The molecule has 0 bridgehead atoms. The standard InChI is InChI=1S/C12H15F2NO2S/c1-12(2,7-16)15-10(17)8-5-3-4-6-9(8)18-11(13)14/h3-6,11,16H,7H2,1-2H3,(H,15,17). The Labute approximate surface area is 109 Å². The van der Waals surface area contributed by atoms with Crippen molar-refractivity contribution in [3.8, 4) is 0 Å². The minimum absolute atomic E-state index is 0.185. The minimum atomic E-state index is -2.58. The third kappa shape index (κ3) is 4.27. The molecule has 1 rings (SSSR count). The number of nitrogens with one attached hydrogen (secondary N) is 1. The van der Waals surface area contributed by atoms with Crippen LogP contribution in [0.3, 0.4) is 0 Å². The van der Waals surface area contributed by atoms with E-state index in [9.17, 15) is 13.6 Å². The Morgan fingerprint density at radius 3 is 2.61 bits per heavy atom. The first kappa shape index (κ1) is 14.9. The predicted octanol–water partition coefficient (Wildman–Crippen LogP) is 2.50. The van der Waals surface area contributed by atoms with Gasteiger partial charge in [-0.3, -0.25) is 4.79 Å². The van der Waals surface area contributed by atoms with Crippen LogP contribution in [0.5, 0.6) is 0 Å². The molecule has 0 unspecified atom stereocenters. The molecule has 0 heterocycles. The molecule has 1 aromatic rings. The highest BCUT2D eigenvalue weighted by atomic mass is 32.2. The van der Waals surface area contributed by atoms with Crippen molar-refractivity contribution in [3.63, 3.8) is 0 Å². The highest BCUT2D eigenvalue weighted by Crippen LogP contribution is 2.28. The summed E-state index contributed by atoms with van der Waals surface area (Å²) in [5.74, 6) is -3.05. The predicted molar refractivity (Wildman–Crippen MR) is 66.9 cm³/mol. The molecule has 0 spiro atoms. The lowest BCUT2D eigenvalue weighted by Crippen LogP contribution is -2.46. The number of halogens is 2. The van der Waals surface area contributed by atoms with E-state index in [-0.39, 0.29) is 17.1 Å². The highest BCUT2D eigenvalue weighted by Gasteiger charge is 2.22. The van der Waals surface area contributed by atoms with Gasteiger partial charge in [-0.05, 0) is 26.0 Å². The Kier molecular flexibility index (Phi) is 5.10. The smallest absolute Gasteiger partial charge is 0.288 e. The zero-order chi connectivity index (χ0) is 13.8. The van der Waals surface area contributed by atoms with E-state index >= 15 is 0 Å². The van der Waals surface area contributed by atoms with Crippen LogP contribution < -0.4 is 5.32 Å². The van der Waals surface area contributed by atoms with Crippen molar-refractivity contribution >= 4 is 17.7 Å². The van der Waals surface area contributed by atoms with Gasteiger partial charge in [-0.25, -0.2) is 0 Å². The Balaban J connectivity index is 2.92. The largest absolute Gasteiger partial charge is 0.394 e. The topological polar surface area (TPSA) is 49.3 Å². The molecule has 0 saturated heterocycles. The molecule has 100 valence electrons. The van der Waals surface area contributed by atoms with Gasteiger partial charge in [-0.2, -0.15) is 8.78 Å². The summed E-state index contributed by atoms with van der Waals surface area (Å²) in [6.45, 7) is 3.06. The molecule has 0 aliphatic heterocycles. The zero-order valence-electron chi connectivity index (χ0n) is 10.1. The number of amides is 1. The fourth-order valence-corrected chi connectivity index (χ4v) is 1.90. The molecule has 2 N–H and O–H groups in total. The molecule has 0 radical (unpaired) electrons. The molecule has 1 aromatic carbocycles. The van der Waals surface area contributed by atoms with Crippen molar-refractivity contribution < 1.29 is 18.7 Å². The van der Waals surface area contributed by atoms with Crippen LogP contribution in [0.2, 0.25) is 0 Å². The fourth-order valence-electron chi connectivity index (χ4n) is 1.27. The lowest BCUT2D eigenvalue weighted by Gasteiger charge is -2.24. The van der Waals surface area contributed by atoms with Crippen LogP contribution in [0.15, 0.2) is 29.2 Å². The van der Waals surface area contributed by atoms with Gasteiger partial charge in [0.15, 0.2) is 0 Å². The molecule has 3 nitrogen and oxygen atoms in total. The third-order valence-electron chi connectivity index (χ3n) is 2.19. The molecule has 1 amide bonds. The Bertz CT molecular complexity index is 424. The lowest BCUT2D eigenvalue weighted by molar-refractivity contribution is 0.0866. The van der Waals surface area contributed by atoms with Crippen molar-refractivity contribution in [1.82, 2.24) is 5.32 Å². The summed E-state index contributed by atoms with van der Waals surface area (Å²) in [4.78, 5) is 12.2. The molecule has 0 fully saturated rings. The van der Waals surface area contributed by atoms with Gasteiger partial charge in [0, 0.05) is 4.90 Å². The number of thioether (sulfide) groups is 1. The summed E-state index contributed by atoms with van der Waals surface area (Å²) in [6, 6.07) is 6.15. The van der Waals surface area contributed by atoms with E-state index in [1.54, 1.807) is 26.0 Å². The fraction of sp³-hybridized carbons (Fsp3) is 0.417. The molecule has 6 heteroatoms. The number of carbonyl (C=O) groups excluding carboxylic acids is 1. The van der Waals surface area contributed by atoms with Crippen LogP contribution >= 0.6 is 11.8 Å². The van der Waals surface area contributed by atoms with Crippen LogP contribution in [-0.2, 0) is 0 Å². The van der Waals surface area contributed by atoms with Gasteiger partial charge < -0.3 is 10.4 Å². The zero-order valence-corrected chi connectivity index (χ0v) is 10.9. The normalized spacial score (nSPS) is 11.7. The number of alkyl halides is 2. The molecule has 0 atom stereocenters. The minimum Gasteiger partial charge on any atom is -0.394 e. The number of hydrogen-bond donors (Lipinski definition) is 2. The quantitative estimate of drug-likeness (QED) is 0.812. The van der Waals surface area contributed by atoms with E-state index in [4.69, 9.17) is 5.11 Å². The number of aliphatic hydroxyl groups excluding tert-OH is 1. The van der Waals surface area contributed by atoms with Gasteiger partial charge in [0.1, 0.15) is 0 Å². The van der Waals surface area contributed by atoms with E-state index in [1.165, 1.54) is 12.1 Å². The van der Waals surface area contributed by atoms with Crippen molar-refractivity contribution in [2.75, 3.05) is 6.61 Å². The van der Waals surface area contributed by atoms with Gasteiger partial charge >= 0.3 is 0 Å². The second kappa shape index (κ2) is 6.15. The second-order valence-electron chi connectivity index (χ2n) is 4.37. The van der Waals surface area contributed by atoms with Gasteiger partial charge in [-0.1, -0.05) is 23.9 Å². The van der Waals surface area contributed by atoms with Gasteiger partial charge in [-0.15, -0.1) is 0 Å². The molecule has 18 heavy (non-hydrogen) atoms. The SMILES string of the molecule is CC(C)(CO)NC(=O)c1ccccc1SC(F)F. The second-order valence-corrected chi connectivity index (χ2v) is 5.40. The summed E-state index contributed by atoms with van der Waals surface area (Å²) in [5, 5.41) is 11.7. The summed E-state index contributed by atoms with van der Waals surface area (Å²) in [7, 11) is 0. The third-order valence-corrected chi connectivity index (χ3v) is 2.98. The molecule has 0 aromatic heterocycles. The Hall–Kier alpha value is -1.14. The first-order valence-corrected chi connectivity index (χ1v) is 6.21. The number of carbonyl (C=O) groups is 1. The Morgan fingerprint density at radius 1 is 1.44 bits per heavy atom. The van der Waals surface area contributed by atoms with Crippen LogP contribution in [-0.4, -0.2) is 28.9 Å². The van der Waals surface area contributed by atoms with Crippen LogP contribution in [0.1, 0.15) is 24.2 Å². The van der Waals surface area contributed by atoms with E-state index < -0.39 is 17.2 Å². The number of benzene rings is 1. The van der Waals surface area contributed by atoms with Crippen molar-refractivity contribution in [2.24, 2.45) is 0 Å². The number of rotatable bonds is 5. The van der Waals surface area contributed by atoms with Crippen molar-refractivity contribution in [1.29, 1.82) is 0 Å². The van der Waals surface area contributed by atoms with E-state index in [2.05, 4.69) is 5.32 Å². The Morgan fingerprint density at radius 2 is 2.06 bits per heavy atom. The first-order chi connectivity index (χ1) is 8.35. The first-order valence-electron chi connectivity index (χ1n) is 5.33. The summed E-state index contributed by atoms with van der Waals surface area (Å²) < 4.78 is 24.7. The molecule has 0 aliphatic carbocycles. The lowest BCUT2D eigenvalue weighted by atomic mass is 10.1. The molecular weight excluding hydrogens is 260 g/mol. The monoisotopic (exact) mass is 275 g/mol. The van der Waals surface area contributed by atoms with Crippen LogP contribution in [0.4, 0.5) is 8.78 Å².